The van der Waals surface area contributed by atoms with Crippen LogP contribution in [0.25, 0.3) is 0 Å². The topological polar surface area (TPSA) is 52.3 Å². The van der Waals surface area contributed by atoms with Crippen LogP contribution in [-0.2, 0) is 11.2 Å². The number of nitrogens with two attached hydrogens (primary N) is 1. The summed E-state index contributed by atoms with van der Waals surface area (Å²) in [6.07, 6.45) is 1.80. The SMILES string of the molecule is COC(=O)c1cccc2c1CCC2N.Cl. The van der Waals surface area contributed by atoms with Crippen LogP contribution in [0.4, 0.5) is 0 Å². The van der Waals surface area contributed by atoms with Crippen LogP contribution in [0, 0.1) is 0 Å². The average molecular weight is 228 g/mol. The molecular formula is C11H14ClNO2. The molecule has 82 valence electrons. The normalized spacial score (nSPS) is 17.9. The summed E-state index contributed by atoms with van der Waals surface area (Å²) in [5.41, 5.74) is 8.72. The fourth-order valence-electron chi connectivity index (χ4n) is 1.99. The van der Waals surface area contributed by atoms with Crippen molar-refractivity contribution < 1.29 is 9.53 Å². The first-order valence-electron chi connectivity index (χ1n) is 4.69. The van der Waals surface area contributed by atoms with Crippen LogP contribution >= 0.6 is 12.4 Å². The molecule has 2 N–H and O–H groups in total. The Balaban J connectivity index is 0.00000112. The minimum absolute atomic E-state index is 0. The third-order valence-corrected chi connectivity index (χ3v) is 2.72. The van der Waals surface area contributed by atoms with E-state index in [4.69, 9.17) is 10.5 Å². The fraction of sp³-hybridized carbons (Fsp3) is 0.364. The Morgan fingerprint density at radius 2 is 2.27 bits per heavy atom. The van der Waals surface area contributed by atoms with E-state index in [-0.39, 0.29) is 24.4 Å². The van der Waals surface area contributed by atoms with Crippen LogP contribution in [0.15, 0.2) is 18.2 Å². The van der Waals surface area contributed by atoms with E-state index in [1.807, 2.05) is 12.1 Å². The number of benzene rings is 1. The van der Waals surface area contributed by atoms with E-state index >= 15 is 0 Å². The van der Waals surface area contributed by atoms with Crippen LogP contribution in [0.5, 0.6) is 0 Å². The average Bonchev–Trinajstić information content (AvgIpc) is 2.59. The maximum absolute atomic E-state index is 11.4. The van der Waals surface area contributed by atoms with Crippen LogP contribution in [0.3, 0.4) is 0 Å². The van der Waals surface area contributed by atoms with Crippen molar-refractivity contribution >= 4 is 18.4 Å². The van der Waals surface area contributed by atoms with Gasteiger partial charge in [-0.1, -0.05) is 12.1 Å². The maximum Gasteiger partial charge on any atom is 0.338 e. The lowest BCUT2D eigenvalue weighted by Crippen LogP contribution is -2.08. The molecule has 1 aromatic carbocycles. The molecule has 0 bridgehead atoms. The first kappa shape index (κ1) is 12.0. The number of fused-ring (bicyclic) bond motifs is 1. The lowest BCUT2D eigenvalue weighted by molar-refractivity contribution is 0.0599. The van der Waals surface area contributed by atoms with Crippen LogP contribution in [0.1, 0.15) is 33.9 Å². The van der Waals surface area contributed by atoms with Gasteiger partial charge in [0.05, 0.1) is 12.7 Å². The second-order valence-electron chi connectivity index (χ2n) is 3.51. The Morgan fingerprint density at radius 1 is 1.53 bits per heavy atom. The van der Waals surface area contributed by atoms with Gasteiger partial charge in [-0.05, 0) is 30.0 Å². The Morgan fingerprint density at radius 3 is 2.93 bits per heavy atom. The smallest absolute Gasteiger partial charge is 0.338 e. The molecule has 0 aromatic heterocycles. The monoisotopic (exact) mass is 227 g/mol. The van der Waals surface area contributed by atoms with Crippen molar-refractivity contribution in [3.8, 4) is 0 Å². The molecular weight excluding hydrogens is 214 g/mol. The lowest BCUT2D eigenvalue weighted by Gasteiger charge is -2.07. The molecule has 0 radical (unpaired) electrons. The Hall–Kier alpha value is -1.06. The predicted octanol–water partition coefficient (Wildman–Crippen LogP) is 1.84. The summed E-state index contributed by atoms with van der Waals surface area (Å²) in [4.78, 5) is 11.4. The molecule has 0 spiro atoms. The van der Waals surface area contributed by atoms with Gasteiger partial charge in [-0.3, -0.25) is 0 Å². The number of ether oxygens (including phenoxy) is 1. The number of carbonyl (C=O) groups is 1. The first-order chi connectivity index (χ1) is 6.74. The molecule has 1 aliphatic carbocycles. The molecule has 1 atom stereocenters. The molecule has 1 aromatic rings. The fourth-order valence-corrected chi connectivity index (χ4v) is 1.99. The van der Waals surface area contributed by atoms with Gasteiger partial charge in [0.1, 0.15) is 0 Å². The summed E-state index contributed by atoms with van der Waals surface area (Å²) in [6.45, 7) is 0. The zero-order valence-electron chi connectivity index (χ0n) is 8.53. The predicted molar refractivity (Wildman–Crippen MR) is 60.3 cm³/mol. The summed E-state index contributed by atoms with van der Waals surface area (Å²) in [6, 6.07) is 5.72. The molecule has 15 heavy (non-hydrogen) atoms. The number of hydrogen-bond donors (Lipinski definition) is 1. The highest BCUT2D eigenvalue weighted by Gasteiger charge is 2.23. The van der Waals surface area contributed by atoms with E-state index in [2.05, 4.69) is 0 Å². The Bertz CT molecular complexity index is 379. The number of methoxy groups -OCH3 is 1. The van der Waals surface area contributed by atoms with Crippen molar-refractivity contribution in [3.63, 3.8) is 0 Å². The van der Waals surface area contributed by atoms with Gasteiger partial charge in [0, 0.05) is 6.04 Å². The summed E-state index contributed by atoms with van der Waals surface area (Å²) in [5.74, 6) is -0.268. The molecule has 0 amide bonds. The third kappa shape index (κ3) is 1.98. The molecule has 0 aliphatic heterocycles. The quantitative estimate of drug-likeness (QED) is 0.745. The summed E-state index contributed by atoms with van der Waals surface area (Å²) in [5, 5.41) is 0. The molecule has 2 rings (SSSR count). The number of halogens is 1. The van der Waals surface area contributed by atoms with Gasteiger partial charge in [0.2, 0.25) is 0 Å². The number of esters is 1. The van der Waals surface area contributed by atoms with E-state index in [0.717, 1.165) is 24.0 Å². The lowest BCUT2D eigenvalue weighted by atomic mass is 10.0. The van der Waals surface area contributed by atoms with Crippen LogP contribution in [0.2, 0.25) is 0 Å². The van der Waals surface area contributed by atoms with E-state index in [0.29, 0.717) is 5.56 Å². The van der Waals surface area contributed by atoms with Crippen molar-refractivity contribution in [2.75, 3.05) is 7.11 Å². The summed E-state index contributed by atoms with van der Waals surface area (Å²) in [7, 11) is 1.40. The van der Waals surface area contributed by atoms with Crippen molar-refractivity contribution in [1.29, 1.82) is 0 Å². The largest absolute Gasteiger partial charge is 0.465 e. The number of hydrogen-bond acceptors (Lipinski definition) is 3. The molecule has 1 aliphatic rings. The van der Waals surface area contributed by atoms with Crippen molar-refractivity contribution in [3.05, 3.63) is 34.9 Å². The molecule has 1 unspecified atom stereocenters. The molecule has 0 fully saturated rings. The molecule has 0 saturated heterocycles. The Kier molecular flexibility index (Phi) is 3.72. The minimum atomic E-state index is -0.268. The van der Waals surface area contributed by atoms with Gasteiger partial charge in [-0.25, -0.2) is 4.79 Å². The van der Waals surface area contributed by atoms with E-state index < -0.39 is 0 Å². The highest BCUT2D eigenvalue weighted by Crippen LogP contribution is 2.31. The molecule has 0 heterocycles. The standard InChI is InChI=1S/C11H13NO2.ClH/c1-14-11(13)9-4-2-3-8-7(9)5-6-10(8)12;/h2-4,10H,5-6,12H2,1H3;1H. The summed E-state index contributed by atoms with van der Waals surface area (Å²) < 4.78 is 4.72. The van der Waals surface area contributed by atoms with Crippen molar-refractivity contribution in [2.24, 2.45) is 5.73 Å². The highest BCUT2D eigenvalue weighted by molar-refractivity contribution is 5.91. The van der Waals surface area contributed by atoms with Gasteiger partial charge in [0.15, 0.2) is 0 Å². The minimum Gasteiger partial charge on any atom is -0.465 e. The summed E-state index contributed by atoms with van der Waals surface area (Å²) >= 11 is 0. The zero-order valence-corrected chi connectivity index (χ0v) is 9.34. The Labute approximate surface area is 95.0 Å². The van der Waals surface area contributed by atoms with Gasteiger partial charge in [-0.15, -0.1) is 12.4 Å². The number of rotatable bonds is 1. The maximum atomic E-state index is 11.4. The van der Waals surface area contributed by atoms with E-state index in [1.165, 1.54) is 7.11 Å². The third-order valence-electron chi connectivity index (χ3n) is 2.72. The van der Waals surface area contributed by atoms with Gasteiger partial charge in [0.25, 0.3) is 0 Å². The molecule has 0 saturated carbocycles. The van der Waals surface area contributed by atoms with Gasteiger partial charge >= 0.3 is 5.97 Å². The van der Waals surface area contributed by atoms with E-state index in [1.54, 1.807) is 6.07 Å². The van der Waals surface area contributed by atoms with Gasteiger partial charge in [-0.2, -0.15) is 0 Å². The van der Waals surface area contributed by atoms with Gasteiger partial charge < -0.3 is 10.5 Å². The highest BCUT2D eigenvalue weighted by atomic mass is 35.5. The zero-order chi connectivity index (χ0) is 10.1. The molecule has 3 nitrogen and oxygen atoms in total. The van der Waals surface area contributed by atoms with Crippen LogP contribution in [-0.4, -0.2) is 13.1 Å². The van der Waals surface area contributed by atoms with E-state index in [9.17, 15) is 4.79 Å². The number of carbonyl (C=O) groups excluding carboxylic acids is 1. The van der Waals surface area contributed by atoms with Crippen molar-refractivity contribution in [2.45, 2.75) is 18.9 Å². The van der Waals surface area contributed by atoms with Crippen LogP contribution < -0.4 is 5.73 Å². The first-order valence-corrected chi connectivity index (χ1v) is 4.69. The second kappa shape index (κ2) is 4.64. The van der Waals surface area contributed by atoms with Crippen molar-refractivity contribution in [1.82, 2.24) is 0 Å². The molecule has 4 heteroatoms. The second-order valence-corrected chi connectivity index (χ2v) is 3.51.